The maximum absolute atomic E-state index is 11.9. The lowest BCUT2D eigenvalue weighted by molar-refractivity contribution is 0.103. The average molecular weight is 274 g/mol. The van der Waals surface area contributed by atoms with E-state index >= 15 is 0 Å². The number of nitrogens with zero attached hydrogens (tertiary/aromatic N) is 3. The van der Waals surface area contributed by atoms with Crippen molar-refractivity contribution in [2.45, 2.75) is 6.92 Å². The van der Waals surface area contributed by atoms with Gasteiger partial charge in [0, 0.05) is 5.69 Å². The Labute approximate surface area is 113 Å². The average Bonchev–Trinajstić information content (AvgIpc) is 2.84. The van der Waals surface area contributed by atoms with Gasteiger partial charge in [-0.25, -0.2) is 0 Å². The minimum absolute atomic E-state index is 0.00254. The third kappa shape index (κ3) is 3.26. The first kappa shape index (κ1) is 13.0. The molecule has 0 radical (unpaired) electrons. The summed E-state index contributed by atoms with van der Waals surface area (Å²) >= 11 is 1.06. The van der Waals surface area contributed by atoms with Crippen molar-refractivity contribution in [1.29, 1.82) is 5.26 Å². The molecule has 0 fully saturated rings. The molecule has 0 saturated carbocycles. The SMILES string of the molecule is Cc1nnsc1C(=O)Nc1ccc(OCC#N)cc1. The van der Waals surface area contributed by atoms with Gasteiger partial charge in [0.2, 0.25) is 0 Å². The van der Waals surface area contributed by atoms with Crippen molar-refractivity contribution < 1.29 is 9.53 Å². The number of aryl methyl sites for hydroxylation is 1. The van der Waals surface area contributed by atoms with Crippen LogP contribution in [0.4, 0.5) is 5.69 Å². The van der Waals surface area contributed by atoms with E-state index in [0.717, 1.165) is 11.5 Å². The van der Waals surface area contributed by atoms with E-state index in [9.17, 15) is 4.79 Å². The fourth-order valence-corrected chi connectivity index (χ4v) is 1.93. The highest BCUT2D eigenvalue weighted by Gasteiger charge is 2.13. The van der Waals surface area contributed by atoms with E-state index in [1.165, 1.54) is 0 Å². The van der Waals surface area contributed by atoms with E-state index in [4.69, 9.17) is 10.00 Å². The maximum atomic E-state index is 11.9. The number of anilines is 1. The van der Waals surface area contributed by atoms with Crippen molar-refractivity contribution in [3.63, 3.8) is 0 Å². The maximum Gasteiger partial charge on any atom is 0.269 e. The van der Waals surface area contributed by atoms with Crippen molar-refractivity contribution in [2.75, 3.05) is 11.9 Å². The van der Waals surface area contributed by atoms with Crippen LogP contribution in [0.25, 0.3) is 0 Å². The topological polar surface area (TPSA) is 87.9 Å². The van der Waals surface area contributed by atoms with Gasteiger partial charge in [0.15, 0.2) is 6.61 Å². The number of nitrogens with one attached hydrogen (secondary N) is 1. The second-order valence-corrected chi connectivity index (χ2v) is 4.37. The molecule has 2 aromatic rings. The molecule has 19 heavy (non-hydrogen) atoms. The lowest BCUT2D eigenvalue weighted by Crippen LogP contribution is -2.11. The van der Waals surface area contributed by atoms with Gasteiger partial charge in [0.05, 0.1) is 5.69 Å². The molecule has 0 unspecified atom stereocenters. The number of ether oxygens (including phenoxy) is 1. The Kier molecular flexibility index (Phi) is 4.05. The molecular formula is C12H10N4O2S. The van der Waals surface area contributed by atoms with Gasteiger partial charge in [-0.15, -0.1) is 5.10 Å². The predicted octanol–water partition coefficient (Wildman–Crippen LogP) is 2.00. The second-order valence-electron chi connectivity index (χ2n) is 3.61. The third-order valence-corrected chi connectivity index (χ3v) is 3.10. The molecule has 0 aliphatic heterocycles. The summed E-state index contributed by atoms with van der Waals surface area (Å²) in [7, 11) is 0. The standard InChI is InChI=1S/C12H10N4O2S/c1-8-11(19-16-15-8)12(17)14-9-2-4-10(5-3-9)18-7-6-13/h2-5H,7H2,1H3,(H,14,17). The summed E-state index contributed by atoms with van der Waals surface area (Å²) in [5.41, 5.74) is 1.25. The Morgan fingerprint density at radius 3 is 2.79 bits per heavy atom. The van der Waals surface area contributed by atoms with Crippen molar-refractivity contribution in [1.82, 2.24) is 9.59 Å². The Bertz CT molecular complexity index is 615. The zero-order valence-electron chi connectivity index (χ0n) is 10.1. The Morgan fingerprint density at radius 2 is 2.21 bits per heavy atom. The van der Waals surface area contributed by atoms with Crippen molar-refractivity contribution >= 4 is 23.1 Å². The number of carbonyl (C=O) groups is 1. The van der Waals surface area contributed by atoms with Crippen LogP contribution in [0.3, 0.4) is 0 Å². The second kappa shape index (κ2) is 5.93. The lowest BCUT2D eigenvalue weighted by Gasteiger charge is -2.05. The summed E-state index contributed by atoms with van der Waals surface area (Å²) in [6.45, 7) is 1.73. The summed E-state index contributed by atoms with van der Waals surface area (Å²) in [6, 6.07) is 8.66. The molecule has 1 N–H and O–H groups in total. The first-order valence-corrected chi connectivity index (χ1v) is 6.18. The highest BCUT2D eigenvalue weighted by molar-refractivity contribution is 7.08. The van der Waals surface area contributed by atoms with Gasteiger partial charge in [-0.2, -0.15) is 5.26 Å². The number of aromatic nitrogens is 2. The molecule has 1 amide bonds. The molecule has 2 rings (SSSR count). The molecular weight excluding hydrogens is 264 g/mol. The van der Waals surface area contributed by atoms with Crippen molar-refractivity contribution in [3.05, 3.63) is 34.8 Å². The van der Waals surface area contributed by atoms with Crippen LogP contribution in [0.2, 0.25) is 0 Å². The molecule has 0 spiro atoms. The molecule has 7 heteroatoms. The van der Waals surface area contributed by atoms with E-state index in [-0.39, 0.29) is 12.5 Å². The van der Waals surface area contributed by atoms with Gasteiger partial charge in [-0.05, 0) is 42.7 Å². The molecule has 0 aliphatic rings. The van der Waals surface area contributed by atoms with Crippen LogP contribution in [0.15, 0.2) is 24.3 Å². The molecule has 1 aromatic carbocycles. The quantitative estimate of drug-likeness (QED) is 0.921. The fraction of sp³-hybridized carbons (Fsp3) is 0.167. The molecule has 6 nitrogen and oxygen atoms in total. The summed E-state index contributed by atoms with van der Waals surface area (Å²) in [5.74, 6) is 0.341. The summed E-state index contributed by atoms with van der Waals surface area (Å²) < 4.78 is 8.83. The van der Waals surface area contributed by atoms with E-state index in [0.29, 0.717) is 22.0 Å². The van der Waals surface area contributed by atoms with Crippen molar-refractivity contribution in [2.24, 2.45) is 0 Å². The summed E-state index contributed by atoms with van der Waals surface area (Å²) in [6.07, 6.45) is 0. The summed E-state index contributed by atoms with van der Waals surface area (Å²) in [5, 5.41) is 14.9. The van der Waals surface area contributed by atoms with Gasteiger partial charge in [0.1, 0.15) is 16.7 Å². The van der Waals surface area contributed by atoms with Gasteiger partial charge in [0.25, 0.3) is 5.91 Å². The van der Waals surface area contributed by atoms with E-state index in [1.807, 2.05) is 6.07 Å². The molecule has 96 valence electrons. The van der Waals surface area contributed by atoms with E-state index < -0.39 is 0 Å². The Morgan fingerprint density at radius 1 is 1.47 bits per heavy atom. The van der Waals surface area contributed by atoms with E-state index in [2.05, 4.69) is 14.9 Å². The molecule has 1 aromatic heterocycles. The highest BCUT2D eigenvalue weighted by atomic mass is 32.1. The normalized spacial score (nSPS) is 9.68. The van der Waals surface area contributed by atoms with E-state index in [1.54, 1.807) is 31.2 Å². The van der Waals surface area contributed by atoms with Gasteiger partial charge in [-0.3, -0.25) is 4.79 Å². The largest absolute Gasteiger partial charge is 0.479 e. The Hall–Kier alpha value is -2.46. The Balaban J connectivity index is 2.02. The van der Waals surface area contributed by atoms with Crippen LogP contribution >= 0.6 is 11.5 Å². The van der Waals surface area contributed by atoms with Gasteiger partial charge in [-0.1, -0.05) is 4.49 Å². The van der Waals surface area contributed by atoms with Gasteiger partial charge >= 0.3 is 0 Å². The first-order chi connectivity index (χ1) is 9.20. The summed E-state index contributed by atoms with van der Waals surface area (Å²) in [4.78, 5) is 12.4. The number of carbonyl (C=O) groups excluding carboxylic acids is 1. The van der Waals surface area contributed by atoms with Crippen LogP contribution in [0.5, 0.6) is 5.75 Å². The molecule has 0 atom stereocenters. The fourth-order valence-electron chi connectivity index (χ4n) is 1.38. The highest BCUT2D eigenvalue weighted by Crippen LogP contribution is 2.17. The molecule has 0 aliphatic carbocycles. The number of hydrogen-bond donors (Lipinski definition) is 1. The van der Waals surface area contributed by atoms with Crippen LogP contribution in [-0.2, 0) is 0 Å². The third-order valence-electron chi connectivity index (χ3n) is 2.27. The molecule has 0 saturated heterocycles. The monoisotopic (exact) mass is 274 g/mol. The number of nitriles is 1. The zero-order valence-corrected chi connectivity index (χ0v) is 10.9. The van der Waals surface area contributed by atoms with Crippen molar-refractivity contribution in [3.8, 4) is 11.8 Å². The number of rotatable bonds is 4. The smallest absolute Gasteiger partial charge is 0.269 e. The number of benzene rings is 1. The van der Waals surface area contributed by atoms with Crippen LogP contribution in [0, 0.1) is 18.3 Å². The van der Waals surface area contributed by atoms with Crippen LogP contribution in [-0.4, -0.2) is 22.1 Å². The number of amides is 1. The van der Waals surface area contributed by atoms with Crippen LogP contribution in [0.1, 0.15) is 15.4 Å². The minimum atomic E-state index is -0.238. The van der Waals surface area contributed by atoms with Gasteiger partial charge < -0.3 is 10.1 Å². The lowest BCUT2D eigenvalue weighted by atomic mass is 10.3. The number of hydrogen-bond acceptors (Lipinski definition) is 6. The minimum Gasteiger partial charge on any atom is -0.479 e. The molecule has 1 heterocycles. The first-order valence-electron chi connectivity index (χ1n) is 5.41. The zero-order chi connectivity index (χ0) is 13.7. The predicted molar refractivity (Wildman–Crippen MR) is 70.1 cm³/mol. The van der Waals surface area contributed by atoms with Crippen LogP contribution < -0.4 is 10.1 Å². The molecule has 0 bridgehead atoms.